The highest BCUT2D eigenvalue weighted by atomic mass is 31.2. The molecule has 0 aromatic heterocycles. The van der Waals surface area contributed by atoms with Crippen molar-refractivity contribution in [3.8, 4) is 0 Å². The SMILES string of the molecule is CC/C=C\C/C=C\C/C=C\C/C=C\CCCCCCCCCCCCCCCCCCCCCCCCCCCCC(=O)OCC(COP(=O)([O-])OCC[N+](C)(C)C)OC(=O)CCCCCCCCCCCCCCCCCCCCCCCCCCCC/C=C\C/C=C\C/C=C\C/C=C\CC. The molecular formula is C92H168NO8P. The molecule has 0 aliphatic carbocycles. The first-order chi connectivity index (χ1) is 50.0. The number of phosphoric acid groups is 1. The molecule has 2 unspecified atom stereocenters. The number of nitrogens with zero attached hydrogens (tertiary/aromatic N) is 1. The van der Waals surface area contributed by atoms with Crippen molar-refractivity contribution in [2.45, 2.75) is 431 Å². The Labute approximate surface area is 634 Å². The molecule has 0 N–H and O–H groups in total. The monoisotopic (exact) mass is 1450 g/mol. The molecule has 0 aromatic carbocycles. The lowest BCUT2D eigenvalue weighted by atomic mass is 10.0. The second kappa shape index (κ2) is 82.0. The van der Waals surface area contributed by atoms with Crippen LogP contribution in [0.1, 0.15) is 425 Å². The number of hydrogen-bond donors (Lipinski definition) is 0. The predicted molar refractivity (Wildman–Crippen MR) is 443 cm³/mol. The summed E-state index contributed by atoms with van der Waals surface area (Å²) in [5.41, 5.74) is 0. The Bertz CT molecular complexity index is 2050. The molecule has 0 fully saturated rings. The van der Waals surface area contributed by atoms with Crippen molar-refractivity contribution in [3.63, 3.8) is 0 Å². The van der Waals surface area contributed by atoms with Crippen LogP contribution in [0.2, 0.25) is 0 Å². The second-order valence-corrected chi connectivity index (χ2v) is 32.3. The third-order valence-electron chi connectivity index (χ3n) is 19.6. The normalized spacial score (nSPS) is 13.4. The molecule has 9 nitrogen and oxygen atoms in total. The van der Waals surface area contributed by atoms with E-state index in [1.165, 1.54) is 308 Å². The van der Waals surface area contributed by atoms with Gasteiger partial charge in [-0.1, -0.05) is 419 Å². The molecule has 0 bridgehead atoms. The van der Waals surface area contributed by atoms with E-state index in [1.807, 2.05) is 21.1 Å². The smallest absolute Gasteiger partial charge is 0.306 e. The van der Waals surface area contributed by atoms with Gasteiger partial charge in [0.05, 0.1) is 27.7 Å². The van der Waals surface area contributed by atoms with E-state index in [-0.39, 0.29) is 32.0 Å². The van der Waals surface area contributed by atoms with Gasteiger partial charge in [0.15, 0.2) is 6.10 Å². The van der Waals surface area contributed by atoms with Gasteiger partial charge in [-0.05, 0) is 89.9 Å². The van der Waals surface area contributed by atoms with Gasteiger partial charge >= 0.3 is 11.9 Å². The molecular weight excluding hydrogens is 1280 g/mol. The molecule has 0 aliphatic rings. The van der Waals surface area contributed by atoms with Crippen molar-refractivity contribution < 1.29 is 42.1 Å². The van der Waals surface area contributed by atoms with Crippen LogP contribution in [0.15, 0.2) is 97.2 Å². The van der Waals surface area contributed by atoms with Crippen molar-refractivity contribution in [1.82, 2.24) is 0 Å². The van der Waals surface area contributed by atoms with Crippen LogP contribution < -0.4 is 4.89 Å². The van der Waals surface area contributed by atoms with Crippen LogP contribution in [0.3, 0.4) is 0 Å². The number of likely N-dealkylation sites (N-methyl/N-ethyl adjacent to an activating group) is 1. The lowest BCUT2D eigenvalue weighted by Gasteiger charge is -2.28. The molecule has 102 heavy (non-hydrogen) atoms. The van der Waals surface area contributed by atoms with E-state index in [9.17, 15) is 19.0 Å². The lowest BCUT2D eigenvalue weighted by Crippen LogP contribution is -2.37. The van der Waals surface area contributed by atoms with Crippen LogP contribution in [-0.4, -0.2) is 70.0 Å². The van der Waals surface area contributed by atoms with Gasteiger partial charge in [-0.3, -0.25) is 14.2 Å². The Hall–Kier alpha value is -3.07. The van der Waals surface area contributed by atoms with Crippen molar-refractivity contribution in [2.75, 3.05) is 47.5 Å². The Morgan fingerprint density at radius 3 is 0.784 bits per heavy atom. The van der Waals surface area contributed by atoms with E-state index in [0.29, 0.717) is 17.4 Å². The molecule has 0 saturated carbocycles. The maximum Gasteiger partial charge on any atom is 0.306 e. The largest absolute Gasteiger partial charge is 0.756 e. The van der Waals surface area contributed by atoms with Crippen molar-refractivity contribution in [1.29, 1.82) is 0 Å². The number of allylic oxidation sites excluding steroid dienone is 16. The summed E-state index contributed by atoms with van der Waals surface area (Å²) in [7, 11) is 1.19. The fourth-order valence-electron chi connectivity index (χ4n) is 13.0. The Morgan fingerprint density at radius 2 is 0.529 bits per heavy atom. The number of quaternary nitrogens is 1. The molecule has 0 saturated heterocycles. The zero-order valence-corrected chi connectivity index (χ0v) is 69.0. The number of carbonyl (C=O) groups is 2. The Morgan fingerprint density at radius 1 is 0.304 bits per heavy atom. The summed E-state index contributed by atoms with van der Waals surface area (Å²) in [6.07, 6.45) is 116. The number of ether oxygens (including phenoxy) is 2. The van der Waals surface area contributed by atoms with Gasteiger partial charge in [-0.15, -0.1) is 0 Å². The first-order valence-corrected chi connectivity index (χ1v) is 45.4. The molecule has 0 heterocycles. The molecule has 594 valence electrons. The number of hydrogen-bond acceptors (Lipinski definition) is 8. The first-order valence-electron chi connectivity index (χ1n) is 43.9. The average molecular weight is 1450 g/mol. The van der Waals surface area contributed by atoms with Crippen molar-refractivity contribution >= 4 is 19.8 Å². The van der Waals surface area contributed by atoms with Crippen LogP contribution >= 0.6 is 7.82 Å². The fraction of sp³-hybridized carbons (Fsp3) is 0.804. The summed E-state index contributed by atoms with van der Waals surface area (Å²) in [5.74, 6) is -0.809. The third-order valence-corrected chi connectivity index (χ3v) is 20.6. The topological polar surface area (TPSA) is 111 Å². The van der Waals surface area contributed by atoms with Gasteiger partial charge in [0, 0.05) is 12.8 Å². The Kier molecular flexibility index (Phi) is 79.5. The van der Waals surface area contributed by atoms with Gasteiger partial charge in [-0.2, -0.15) is 0 Å². The van der Waals surface area contributed by atoms with Gasteiger partial charge in [-0.25, -0.2) is 0 Å². The highest BCUT2D eigenvalue weighted by molar-refractivity contribution is 7.45. The fourth-order valence-corrected chi connectivity index (χ4v) is 13.7. The number of unbranched alkanes of at least 4 members (excludes halogenated alkanes) is 52. The highest BCUT2D eigenvalue weighted by Crippen LogP contribution is 2.38. The molecule has 0 rings (SSSR count). The Balaban J connectivity index is 3.85. The number of esters is 2. The van der Waals surface area contributed by atoms with Gasteiger partial charge in [0.2, 0.25) is 0 Å². The number of carbonyl (C=O) groups excluding carboxylic acids is 2. The molecule has 10 heteroatoms. The minimum Gasteiger partial charge on any atom is -0.756 e. The summed E-state index contributed by atoms with van der Waals surface area (Å²) >= 11 is 0. The molecule has 0 spiro atoms. The van der Waals surface area contributed by atoms with Gasteiger partial charge in [0.1, 0.15) is 19.8 Å². The van der Waals surface area contributed by atoms with E-state index < -0.39 is 26.5 Å². The summed E-state index contributed by atoms with van der Waals surface area (Å²) < 4.78 is 34.5. The molecule has 0 amide bonds. The van der Waals surface area contributed by atoms with E-state index in [2.05, 4.69) is 111 Å². The predicted octanol–water partition coefficient (Wildman–Crippen LogP) is 29.1. The van der Waals surface area contributed by atoms with Crippen LogP contribution in [-0.2, 0) is 32.7 Å². The third kappa shape index (κ3) is 85.9. The quantitative estimate of drug-likeness (QED) is 0.0195. The van der Waals surface area contributed by atoms with Crippen LogP contribution in [0.25, 0.3) is 0 Å². The lowest BCUT2D eigenvalue weighted by molar-refractivity contribution is -0.870. The standard InChI is InChI=1S/C92H168NO8P/c1-6-8-10-12-14-16-18-20-22-24-26-28-30-32-34-36-38-40-42-44-46-48-50-52-54-56-58-60-62-64-66-68-70-72-74-76-78-80-82-84-91(94)98-88-90(89-100-102(96,97)99-87-86-93(3,4)5)101-92(95)85-83-81-79-77-75-73-71-69-67-65-63-61-59-57-55-53-51-49-47-45-43-41-39-37-35-33-31-29-27-25-23-21-19-17-15-13-11-9-7-2/h8-11,14-17,20-23,26-29,90H,6-7,12-13,18-19,24-25,30-89H2,1-5H3/b10-8-,11-9-,16-14-,17-15-,22-20-,23-21-,28-26-,29-27-. The minimum absolute atomic E-state index is 0.0290. The van der Waals surface area contributed by atoms with Crippen molar-refractivity contribution in [3.05, 3.63) is 97.2 Å². The van der Waals surface area contributed by atoms with E-state index in [0.717, 1.165) is 83.5 Å². The van der Waals surface area contributed by atoms with Gasteiger partial charge in [0.25, 0.3) is 7.82 Å². The number of phosphoric ester groups is 1. The van der Waals surface area contributed by atoms with Gasteiger partial charge < -0.3 is 27.9 Å². The van der Waals surface area contributed by atoms with E-state index in [1.54, 1.807) is 0 Å². The summed E-state index contributed by atoms with van der Waals surface area (Å²) in [6.45, 7) is 4.08. The zero-order chi connectivity index (χ0) is 74.0. The maximum absolute atomic E-state index is 12.9. The molecule has 0 radical (unpaired) electrons. The molecule has 0 aliphatic heterocycles. The minimum atomic E-state index is -4.65. The second-order valence-electron chi connectivity index (χ2n) is 30.8. The van der Waals surface area contributed by atoms with E-state index >= 15 is 0 Å². The molecule has 2 atom stereocenters. The number of rotatable bonds is 82. The average Bonchev–Trinajstić information content (AvgIpc) is 0.935. The van der Waals surface area contributed by atoms with Crippen LogP contribution in [0.5, 0.6) is 0 Å². The first kappa shape index (κ1) is 98.9. The zero-order valence-electron chi connectivity index (χ0n) is 68.1. The summed E-state index contributed by atoms with van der Waals surface area (Å²) in [4.78, 5) is 38.3. The van der Waals surface area contributed by atoms with Crippen molar-refractivity contribution in [2.24, 2.45) is 0 Å². The summed E-state index contributed by atoms with van der Waals surface area (Å²) in [5, 5.41) is 0. The molecule has 0 aromatic rings. The van der Waals surface area contributed by atoms with Crippen LogP contribution in [0, 0.1) is 0 Å². The summed E-state index contributed by atoms with van der Waals surface area (Å²) in [6, 6.07) is 0. The van der Waals surface area contributed by atoms with Crippen LogP contribution in [0.4, 0.5) is 0 Å². The maximum atomic E-state index is 12.9. The highest BCUT2D eigenvalue weighted by Gasteiger charge is 2.22. The van der Waals surface area contributed by atoms with E-state index in [4.69, 9.17) is 18.5 Å².